The second-order valence-electron chi connectivity index (χ2n) is 6.87. The Labute approximate surface area is 164 Å². The number of carbonyl (C=O) groups is 1. The van der Waals surface area contributed by atoms with Crippen molar-refractivity contribution >= 4 is 11.6 Å². The van der Waals surface area contributed by atoms with E-state index >= 15 is 0 Å². The van der Waals surface area contributed by atoms with E-state index in [1.165, 1.54) is 30.7 Å². The van der Waals surface area contributed by atoms with E-state index in [1.54, 1.807) is 7.11 Å². The van der Waals surface area contributed by atoms with Crippen molar-refractivity contribution in [2.45, 2.75) is 25.3 Å². The van der Waals surface area contributed by atoms with Gasteiger partial charge in [0.15, 0.2) is 0 Å². The van der Waals surface area contributed by atoms with Gasteiger partial charge in [0, 0.05) is 29.8 Å². The summed E-state index contributed by atoms with van der Waals surface area (Å²) < 4.78 is 5.54. The predicted molar refractivity (Wildman–Crippen MR) is 107 cm³/mol. The lowest BCUT2D eigenvalue weighted by atomic mass is 10.0. The van der Waals surface area contributed by atoms with Crippen molar-refractivity contribution in [2.24, 2.45) is 0 Å². The van der Waals surface area contributed by atoms with E-state index in [9.17, 15) is 14.9 Å². The Morgan fingerprint density at radius 3 is 2.46 bits per heavy atom. The van der Waals surface area contributed by atoms with Crippen molar-refractivity contribution in [2.75, 3.05) is 26.7 Å². The lowest BCUT2D eigenvalue weighted by molar-refractivity contribution is -0.384. The molecule has 7 heteroatoms. The number of nitro benzene ring substituents is 1. The molecule has 1 N–H and O–H groups in total. The molecule has 2 aromatic rings. The molecule has 2 aromatic carbocycles. The zero-order valence-electron chi connectivity index (χ0n) is 16.0. The third-order valence-electron chi connectivity index (χ3n) is 5.13. The number of amides is 1. The highest BCUT2D eigenvalue weighted by Gasteiger charge is 2.25. The van der Waals surface area contributed by atoms with Crippen LogP contribution in [0.3, 0.4) is 0 Å². The molecule has 0 bridgehead atoms. The van der Waals surface area contributed by atoms with Crippen LogP contribution in [0.25, 0.3) is 0 Å². The Bertz CT molecular complexity index is 817. The Balaban J connectivity index is 1.75. The number of nitro groups is 1. The fourth-order valence-corrected chi connectivity index (χ4v) is 3.63. The first kappa shape index (κ1) is 19.8. The number of benzene rings is 2. The standard InChI is InChI=1S/C21H25N3O4/c1-28-20-8-4-3-7-18(20)19(23-13-5-2-6-14-23)15-22-21(25)16-9-11-17(12-10-16)24(26)27/h3-4,7-12,19H,2,5-6,13-15H2,1H3,(H,22,25). The average Bonchev–Trinajstić information content (AvgIpc) is 2.75. The topological polar surface area (TPSA) is 84.7 Å². The maximum Gasteiger partial charge on any atom is 0.269 e. The van der Waals surface area contributed by atoms with Gasteiger partial charge in [-0.25, -0.2) is 0 Å². The summed E-state index contributed by atoms with van der Waals surface area (Å²) in [5.74, 6) is 0.564. The van der Waals surface area contributed by atoms with Crippen LogP contribution in [0, 0.1) is 10.1 Å². The first-order chi connectivity index (χ1) is 13.6. The highest BCUT2D eigenvalue weighted by Crippen LogP contribution is 2.31. The van der Waals surface area contributed by atoms with E-state index in [0.717, 1.165) is 37.2 Å². The number of carbonyl (C=O) groups excluding carboxylic acids is 1. The lowest BCUT2D eigenvalue weighted by Gasteiger charge is -2.35. The zero-order chi connectivity index (χ0) is 19.9. The number of methoxy groups -OCH3 is 1. The third kappa shape index (κ3) is 4.67. The van der Waals surface area contributed by atoms with Crippen molar-refractivity contribution < 1.29 is 14.5 Å². The minimum Gasteiger partial charge on any atom is -0.496 e. The summed E-state index contributed by atoms with van der Waals surface area (Å²) in [6.07, 6.45) is 3.51. The number of ether oxygens (including phenoxy) is 1. The van der Waals surface area contributed by atoms with Crippen molar-refractivity contribution in [1.29, 1.82) is 0 Å². The van der Waals surface area contributed by atoms with E-state index in [0.29, 0.717) is 12.1 Å². The van der Waals surface area contributed by atoms with Gasteiger partial charge in [-0.15, -0.1) is 0 Å². The Kier molecular flexibility index (Phi) is 6.60. The SMILES string of the molecule is COc1ccccc1C(CNC(=O)c1ccc([N+](=O)[O-])cc1)N1CCCCC1. The van der Waals surface area contributed by atoms with Crippen LogP contribution < -0.4 is 10.1 Å². The molecule has 7 nitrogen and oxygen atoms in total. The van der Waals surface area contributed by atoms with E-state index in [2.05, 4.69) is 10.2 Å². The summed E-state index contributed by atoms with van der Waals surface area (Å²) in [6, 6.07) is 13.5. The molecule has 0 radical (unpaired) electrons. The number of likely N-dealkylation sites (tertiary alicyclic amines) is 1. The van der Waals surface area contributed by atoms with E-state index < -0.39 is 4.92 Å². The Hall–Kier alpha value is -2.93. The van der Waals surface area contributed by atoms with Crippen LogP contribution in [0.2, 0.25) is 0 Å². The predicted octanol–water partition coefficient (Wildman–Crippen LogP) is 3.56. The molecule has 0 aliphatic carbocycles. The number of para-hydroxylation sites is 1. The van der Waals surface area contributed by atoms with Gasteiger partial charge >= 0.3 is 0 Å². The summed E-state index contributed by atoms with van der Waals surface area (Å²) in [7, 11) is 1.65. The molecular weight excluding hydrogens is 358 g/mol. The van der Waals surface area contributed by atoms with Gasteiger partial charge in [0.05, 0.1) is 18.1 Å². The van der Waals surface area contributed by atoms with Gasteiger partial charge < -0.3 is 10.1 Å². The van der Waals surface area contributed by atoms with Gasteiger partial charge in [0.1, 0.15) is 5.75 Å². The first-order valence-corrected chi connectivity index (χ1v) is 9.50. The van der Waals surface area contributed by atoms with Crippen molar-refractivity contribution in [3.05, 3.63) is 69.8 Å². The average molecular weight is 383 g/mol. The molecule has 148 valence electrons. The number of piperidine rings is 1. The summed E-state index contributed by atoms with van der Waals surface area (Å²) >= 11 is 0. The second kappa shape index (κ2) is 9.32. The second-order valence-corrected chi connectivity index (χ2v) is 6.87. The first-order valence-electron chi connectivity index (χ1n) is 9.50. The highest BCUT2D eigenvalue weighted by molar-refractivity contribution is 5.94. The maximum atomic E-state index is 12.6. The van der Waals surface area contributed by atoms with Crippen LogP contribution in [-0.2, 0) is 0 Å². The monoisotopic (exact) mass is 383 g/mol. The highest BCUT2D eigenvalue weighted by atomic mass is 16.6. The summed E-state index contributed by atoms with van der Waals surface area (Å²) in [5, 5.41) is 13.8. The van der Waals surface area contributed by atoms with E-state index in [4.69, 9.17) is 4.74 Å². The minimum atomic E-state index is -0.476. The Morgan fingerprint density at radius 1 is 1.14 bits per heavy atom. The summed E-state index contributed by atoms with van der Waals surface area (Å²) in [4.78, 5) is 25.3. The molecule has 1 heterocycles. The van der Waals surface area contributed by atoms with Gasteiger partial charge in [-0.05, 0) is 44.1 Å². The molecule has 0 aromatic heterocycles. The van der Waals surface area contributed by atoms with Gasteiger partial charge in [0.25, 0.3) is 11.6 Å². The fourth-order valence-electron chi connectivity index (χ4n) is 3.63. The molecule has 28 heavy (non-hydrogen) atoms. The summed E-state index contributed by atoms with van der Waals surface area (Å²) in [5.41, 5.74) is 1.43. The van der Waals surface area contributed by atoms with Crippen molar-refractivity contribution in [3.63, 3.8) is 0 Å². The number of nitrogens with zero attached hydrogens (tertiary/aromatic N) is 2. The molecule has 1 amide bonds. The minimum absolute atomic E-state index is 0.0125. The van der Waals surface area contributed by atoms with Crippen LogP contribution >= 0.6 is 0 Å². The molecular formula is C21H25N3O4. The number of nitrogens with one attached hydrogen (secondary N) is 1. The lowest BCUT2D eigenvalue weighted by Crippen LogP contribution is -2.40. The molecule has 1 saturated heterocycles. The molecule has 3 rings (SSSR count). The number of hydrogen-bond donors (Lipinski definition) is 1. The van der Waals surface area contributed by atoms with Crippen molar-refractivity contribution in [1.82, 2.24) is 10.2 Å². The van der Waals surface area contributed by atoms with Crippen LogP contribution in [0.15, 0.2) is 48.5 Å². The van der Waals surface area contributed by atoms with Gasteiger partial charge in [-0.2, -0.15) is 0 Å². The van der Waals surface area contributed by atoms with E-state index in [1.807, 2.05) is 24.3 Å². The van der Waals surface area contributed by atoms with E-state index in [-0.39, 0.29) is 17.6 Å². The van der Waals surface area contributed by atoms with Crippen LogP contribution in [-0.4, -0.2) is 42.5 Å². The molecule has 1 fully saturated rings. The van der Waals surface area contributed by atoms with Gasteiger partial charge in [-0.1, -0.05) is 24.6 Å². The fraction of sp³-hybridized carbons (Fsp3) is 0.381. The van der Waals surface area contributed by atoms with Gasteiger partial charge in [-0.3, -0.25) is 19.8 Å². The third-order valence-corrected chi connectivity index (χ3v) is 5.13. The summed E-state index contributed by atoms with van der Waals surface area (Å²) in [6.45, 7) is 2.41. The smallest absolute Gasteiger partial charge is 0.269 e. The number of rotatable bonds is 7. The van der Waals surface area contributed by atoms with Crippen LogP contribution in [0.1, 0.15) is 41.2 Å². The number of non-ortho nitro benzene ring substituents is 1. The molecule has 1 aliphatic heterocycles. The van der Waals surface area contributed by atoms with Crippen LogP contribution in [0.4, 0.5) is 5.69 Å². The quantitative estimate of drug-likeness (QED) is 0.584. The molecule has 0 spiro atoms. The normalized spacial score (nSPS) is 15.6. The van der Waals surface area contributed by atoms with Crippen molar-refractivity contribution in [3.8, 4) is 5.75 Å². The number of hydrogen-bond acceptors (Lipinski definition) is 5. The van der Waals surface area contributed by atoms with Gasteiger partial charge in [0.2, 0.25) is 0 Å². The molecule has 1 unspecified atom stereocenters. The Morgan fingerprint density at radius 2 is 1.82 bits per heavy atom. The molecule has 1 aliphatic rings. The van der Waals surface area contributed by atoms with Crippen LogP contribution in [0.5, 0.6) is 5.75 Å². The zero-order valence-corrected chi connectivity index (χ0v) is 16.0. The largest absolute Gasteiger partial charge is 0.496 e. The molecule has 1 atom stereocenters. The maximum absolute atomic E-state index is 12.6. The molecule has 0 saturated carbocycles.